The summed E-state index contributed by atoms with van der Waals surface area (Å²) in [6.07, 6.45) is 22.5. The number of hydrogen-bond donors (Lipinski definition) is 2. The van der Waals surface area contributed by atoms with Crippen LogP contribution in [0.25, 0.3) is 0 Å². The Labute approximate surface area is 326 Å². The van der Waals surface area contributed by atoms with Gasteiger partial charge in [0.25, 0.3) is 0 Å². The van der Waals surface area contributed by atoms with Gasteiger partial charge in [-0.15, -0.1) is 23.5 Å². The van der Waals surface area contributed by atoms with Crippen molar-refractivity contribution in [2.45, 2.75) is 153 Å². The molecule has 2 atom stereocenters. The number of amides is 2. The summed E-state index contributed by atoms with van der Waals surface area (Å²) >= 11 is 3.38. The van der Waals surface area contributed by atoms with Gasteiger partial charge in [0.2, 0.25) is 11.8 Å². The molecule has 0 fully saturated rings. The van der Waals surface area contributed by atoms with E-state index < -0.39 is 11.9 Å². The molecule has 0 bridgehead atoms. The number of rotatable bonds is 37. The Morgan fingerprint density at radius 2 is 0.808 bits per heavy atom. The summed E-state index contributed by atoms with van der Waals surface area (Å²) in [5, 5.41) is 28.1. The fraction of sp³-hybridized carbons (Fsp3) is 0.900. The number of carbonyl (C=O) groups excluding carboxylic acids is 4. The van der Waals surface area contributed by atoms with Crippen molar-refractivity contribution in [1.82, 2.24) is 10.6 Å². The maximum atomic E-state index is 13.3. The molecule has 0 aliphatic carbocycles. The molecular weight excluding hydrogens is 697 g/mol. The van der Waals surface area contributed by atoms with Crippen molar-refractivity contribution in [2.75, 3.05) is 79.0 Å². The number of carboxylic acids is 2. The fourth-order valence-corrected chi connectivity index (χ4v) is 8.89. The lowest BCUT2D eigenvalue weighted by Gasteiger charge is -2.30. The third-order valence-corrected chi connectivity index (χ3v) is 12.4. The highest BCUT2D eigenvalue weighted by Crippen LogP contribution is 2.24. The van der Waals surface area contributed by atoms with Crippen molar-refractivity contribution < 1.29 is 38.4 Å². The number of carbonyl (C=O) groups is 4. The van der Waals surface area contributed by atoms with E-state index in [0.717, 1.165) is 50.0 Å². The Balaban J connectivity index is 5.10. The number of aliphatic carboxylic acids is 2. The lowest BCUT2D eigenvalue weighted by Crippen LogP contribution is -2.49. The van der Waals surface area contributed by atoms with E-state index in [2.05, 4.69) is 24.5 Å². The molecule has 2 unspecified atom stereocenters. The molecule has 2 amide bonds. The average Bonchev–Trinajstić information content (AvgIpc) is 3.06. The zero-order valence-electron chi connectivity index (χ0n) is 34.1. The second-order valence-electron chi connectivity index (χ2n) is 15.9. The number of carboxylic acid groups (broad SMARTS) is 2. The van der Waals surface area contributed by atoms with Gasteiger partial charge < -0.3 is 39.4 Å². The molecule has 10 nitrogen and oxygen atoms in total. The molecule has 0 heterocycles. The maximum absolute atomic E-state index is 13.3. The van der Waals surface area contributed by atoms with Gasteiger partial charge in [0.15, 0.2) is 0 Å². The molecule has 0 saturated carbocycles. The average molecular weight is 775 g/mol. The maximum Gasteiger partial charge on any atom is 0.233 e. The van der Waals surface area contributed by atoms with Crippen LogP contribution >= 0.6 is 23.5 Å². The molecule has 0 radical (unpaired) electrons. The van der Waals surface area contributed by atoms with Crippen LogP contribution in [0.1, 0.15) is 142 Å². The zero-order chi connectivity index (χ0) is 39.1. The summed E-state index contributed by atoms with van der Waals surface area (Å²) in [5.74, 6) is -0.467. The molecule has 0 aromatic rings. The van der Waals surface area contributed by atoms with Crippen LogP contribution in [0.4, 0.5) is 0 Å². The van der Waals surface area contributed by atoms with Gasteiger partial charge in [0.05, 0.1) is 63.7 Å². The minimum atomic E-state index is -1.07. The van der Waals surface area contributed by atoms with Crippen LogP contribution < -0.4 is 20.8 Å². The van der Waals surface area contributed by atoms with Gasteiger partial charge in [-0.3, -0.25) is 9.59 Å². The van der Waals surface area contributed by atoms with Crippen molar-refractivity contribution in [3.8, 4) is 0 Å². The Hall–Kier alpha value is -1.50. The van der Waals surface area contributed by atoms with E-state index >= 15 is 0 Å². The lowest BCUT2D eigenvalue weighted by atomic mass is 10.1. The van der Waals surface area contributed by atoms with Gasteiger partial charge in [-0.05, 0) is 12.8 Å². The van der Waals surface area contributed by atoms with E-state index in [-0.39, 0.29) is 35.4 Å². The summed E-state index contributed by atoms with van der Waals surface area (Å²) in [7, 11) is 7.44. The number of nitrogens with one attached hydrogen (secondary N) is 2. The number of quaternary nitrogens is 2. The van der Waals surface area contributed by atoms with E-state index in [1.807, 2.05) is 28.2 Å². The Morgan fingerprint density at radius 1 is 0.500 bits per heavy atom. The molecule has 0 aliphatic rings. The first-order valence-electron chi connectivity index (χ1n) is 20.5. The van der Waals surface area contributed by atoms with Gasteiger partial charge >= 0.3 is 0 Å². The standard InChI is InChI=1S/C40H78N4O6S2/c1-7-9-11-13-15-17-19-21-25-35(39(49)41-27-23-29-43(3,4)33-37(45)46)51-31-32-52-36(26-22-20-18-16-14-12-10-8-2)40(50)42-28-24-30-44(5,6)34-38(47)48/h35-36H,7-34H2,1-6H3,(H2-2,41,42,45,46,47,48,49,50). The molecule has 2 N–H and O–H groups in total. The predicted molar refractivity (Wildman–Crippen MR) is 216 cm³/mol. The van der Waals surface area contributed by atoms with Gasteiger partial charge in [-0.25, -0.2) is 0 Å². The van der Waals surface area contributed by atoms with Crippen LogP contribution in [-0.2, 0) is 19.2 Å². The van der Waals surface area contributed by atoms with Crippen molar-refractivity contribution in [2.24, 2.45) is 0 Å². The minimum absolute atomic E-state index is 0.0522. The number of unbranched alkanes of at least 4 members (excludes halogenated alkanes) is 14. The molecule has 0 aromatic heterocycles. The van der Waals surface area contributed by atoms with E-state index in [9.17, 15) is 29.4 Å². The summed E-state index contributed by atoms with van der Waals surface area (Å²) in [4.78, 5) is 48.8. The first kappa shape index (κ1) is 50.5. The van der Waals surface area contributed by atoms with E-state index in [0.29, 0.717) is 48.0 Å². The van der Waals surface area contributed by atoms with Crippen LogP contribution in [0.15, 0.2) is 0 Å². The van der Waals surface area contributed by atoms with Crippen LogP contribution in [0, 0.1) is 0 Å². The number of nitrogens with zero attached hydrogens (tertiary/aromatic N) is 2. The minimum Gasteiger partial charge on any atom is -0.544 e. The van der Waals surface area contributed by atoms with Crippen LogP contribution in [0.2, 0.25) is 0 Å². The Bertz CT molecular complexity index is 879. The smallest absolute Gasteiger partial charge is 0.233 e. The van der Waals surface area contributed by atoms with Crippen LogP contribution in [0.3, 0.4) is 0 Å². The molecule has 0 aliphatic heterocycles. The summed E-state index contributed by atoms with van der Waals surface area (Å²) in [5.41, 5.74) is 0. The second-order valence-corrected chi connectivity index (χ2v) is 18.5. The van der Waals surface area contributed by atoms with Crippen LogP contribution in [-0.4, -0.2) is 122 Å². The van der Waals surface area contributed by atoms with E-state index in [1.165, 1.54) is 77.0 Å². The van der Waals surface area contributed by atoms with Crippen molar-refractivity contribution in [3.63, 3.8) is 0 Å². The van der Waals surface area contributed by atoms with Crippen molar-refractivity contribution in [3.05, 3.63) is 0 Å². The highest BCUT2D eigenvalue weighted by Gasteiger charge is 2.22. The van der Waals surface area contributed by atoms with Crippen molar-refractivity contribution in [1.29, 1.82) is 0 Å². The first-order chi connectivity index (χ1) is 24.7. The van der Waals surface area contributed by atoms with Crippen molar-refractivity contribution >= 4 is 47.3 Å². The predicted octanol–water partition coefficient (Wildman–Crippen LogP) is 4.92. The first-order valence-corrected chi connectivity index (χ1v) is 22.6. The highest BCUT2D eigenvalue weighted by atomic mass is 32.2. The number of hydrogen-bond acceptors (Lipinski definition) is 8. The largest absolute Gasteiger partial charge is 0.544 e. The molecule has 0 aromatic carbocycles. The fourth-order valence-electron chi connectivity index (χ4n) is 6.41. The van der Waals surface area contributed by atoms with Gasteiger partial charge in [-0.1, -0.05) is 117 Å². The summed E-state index contributed by atoms with van der Waals surface area (Å²) in [6, 6.07) is 0. The van der Waals surface area contributed by atoms with Gasteiger partial charge in [0.1, 0.15) is 13.1 Å². The molecule has 0 rings (SSSR count). The molecular formula is C40H78N4O6S2. The molecule has 0 spiro atoms. The Kier molecular flexibility index (Phi) is 30.9. The van der Waals surface area contributed by atoms with Crippen LogP contribution in [0.5, 0.6) is 0 Å². The number of thioether (sulfide) groups is 2. The quantitative estimate of drug-likeness (QED) is 0.0671. The molecule has 12 heteroatoms. The van der Waals surface area contributed by atoms with Gasteiger partial charge in [0, 0.05) is 37.4 Å². The Morgan fingerprint density at radius 3 is 1.12 bits per heavy atom. The molecule has 306 valence electrons. The molecule has 0 saturated heterocycles. The third kappa shape index (κ3) is 30.9. The highest BCUT2D eigenvalue weighted by molar-refractivity contribution is 8.04. The van der Waals surface area contributed by atoms with E-state index in [1.54, 1.807) is 23.5 Å². The SMILES string of the molecule is CCCCCCCCCCC(SCCSC(CCCCCCCCCC)C(=O)NCCC[N+](C)(C)CC(=O)[O-])C(=O)NCCC[N+](C)(C)CC(=O)[O-]. The lowest BCUT2D eigenvalue weighted by molar-refractivity contribution is -0.884. The molecule has 52 heavy (non-hydrogen) atoms. The zero-order valence-corrected chi connectivity index (χ0v) is 35.7. The summed E-state index contributed by atoms with van der Waals surface area (Å²) < 4.78 is 0.637. The third-order valence-electron chi connectivity index (χ3n) is 9.54. The number of likely N-dealkylation sites (N-methyl/N-ethyl adjacent to an activating group) is 2. The summed E-state index contributed by atoms with van der Waals surface area (Å²) in [6.45, 7) is 6.66. The second kappa shape index (κ2) is 31.8. The van der Waals surface area contributed by atoms with Gasteiger partial charge in [-0.2, -0.15) is 0 Å². The van der Waals surface area contributed by atoms with E-state index in [4.69, 9.17) is 0 Å². The normalized spacial score (nSPS) is 13.1. The monoisotopic (exact) mass is 775 g/mol. The topological polar surface area (TPSA) is 138 Å².